The minimum absolute atomic E-state index is 0.111. The van der Waals surface area contributed by atoms with Crippen molar-refractivity contribution in [1.29, 1.82) is 0 Å². The van der Waals surface area contributed by atoms with E-state index in [0.29, 0.717) is 35.0 Å². The maximum atomic E-state index is 13.6. The number of hydrogen-bond donors (Lipinski definition) is 3. The lowest BCUT2D eigenvalue weighted by Gasteiger charge is -2.45. The van der Waals surface area contributed by atoms with Gasteiger partial charge in [0, 0.05) is 43.0 Å². The summed E-state index contributed by atoms with van der Waals surface area (Å²) in [7, 11) is 1.27. The van der Waals surface area contributed by atoms with Gasteiger partial charge in [0.2, 0.25) is 11.8 Å². The third kappa shape index (κ3) is 4.28. The van der Waals surface area contributed by atoms with Crippen molar-refractivity contribution < 1.29 is 32.3 Å². The van der Waals surface area contributed by atoms with Crippen molar-refractivity contribution in [3.63, 3.8) is 0 Å². The van der Waals surface area contributed by atoms with Crippen LogP contribution in [0, 0.1) is 18.7 Å². The van der Waals surface area contributed by atoms with Crippen LogP contribution < -0.4 is 16.0 Å². The first-order chi connectivity index (χ1) is 17.4. The Labute approximate surface area is 214 Å². The molecule has 2 atom stereocenters. The fourth-order valence-electron chi connectivity index (χ4n) is 5.66. The number of fused-ring (bicyclic) bond motifs is 3. The van der Waals surface area contributed by atoms with Crippen molar-refractivity contribution in [2.75, 3.05) is 12.4 Å². The van der Waals surface area contributed by atoms with Crippen molar-refractivity contribution >= 4 is 40.8 Å². The maximum absolute atomic E-state index is 13.6. The van der Waals surface area contributed by atoms with Gasteiger partial charge in [0.15, 0.2) is 0 Å². The molecule has 1 aromatic carbocycles. The molecule has 2 fully saturated rings. The molecule has 1 aliphatic heterocycles. The zero-order valence-corrected chi connectivity index (χ0v) is 20.8. The normalized spacial score (nSPS) is 21.8. The number of rotatable bonds is 7. The summed E-state index contributed by atoms with van der Waals surface area (Å²) < 4.78 is 42.6. The first-order valence-corrected chi connectivity index (χ1v) is 12.2. The number of anilines is 1. The molecule has 3 amide bonds. The highest BCUT2D eigenvalue weighted by molar-refractivity contribution is 6.44. The lowest BCUT2D eigenvalue weighted by Crippen LogP contribution is -2.69. The Hall–Kier alpha value is -3.34. The average Bonchev–Trinajstić information content (AvgIpc) is 3.40. The highest BCUT2D eigenvalue weighted by Crippen LogP contribution is 2.54. The molecule has 2 heterocycles. The zero-order valence-electron chi connectivity index (χ0n) is 20.0. The molecule has 2 aromatic rings. The lowest BCUT2D eigenvalue weighted by atomic mass is 9.72. The summed E-state index contributed by atoms with van der Waals surface area (Å²) in [5.74, 6) is -6.74. The van der Waals surface area contributed by atoms with Gasteiger partial charge in [-0.1, -0.05) is 11.6 Å². The van der Waals surface area contributed by atoms with Crippen LogP contribution in [0.1, 0.15) is 52.6 Å². The van der Waals surface area contributed by atoms with Gasteiger partial charge in [0.05, 0.1) is 17.0 Å². The summed E-state index contributed by atoms with van der Waals surface area (Å²) in [5, 5.41) is 7.04. The molecule has 0 bridgehead atoms. The third-order valence-corrected chi connectivity index (χ3v) is 7.74. The minimum Gasteiger partial charge on any atom is -0.357 e. The van der Waals surface area contributed by atoms with E-state index in [2.05, 4.69) is 16.0 Å². The first kappa shape index (κ1) is 25.3. The molecule has 1 aromatic heterocycles. The molecule has 8 nitrogen and oxygen atoms in total. The van der Waals surface area contributed by atoms with Crippen molar-refractivity contribution in [3.8, 4) is 0 Å². The molecule has 0 saturated heterocycles. The second-order valence-corrected chi connectivity index (χ2v) is 10.4. The molecule has 2 saturated carbocycles. The maximum Gasteiger partial charge on any atom is 0.293 e. The summed E-state index contributed by atoms with van der Waals surface area (Å²) in [5.41, 5.74) is 0.219. The van der Waals surface area contributed by atoms with E-state index in [4.69, 9.17) is 11.6 Å². The van der Waals surface area contributed by atoms with Crippen molar-refractivity contribution in [2.45, 2.75) is 56.5 Å². The highest BCUT2D eigenvalue weighted by Gasteiger charge is 2.62. The Morgan fingerprint density at radius 1 is 1.19 bits per heavy atom. The van der Waals surface area contributed by atoms with E-state index < -0.39 is 53.6 Å². The summed E-state index contributed by atoms with van der Waals surface area (Å²) in [6.45, 7) is 1.63. The summed E-state index contributed by atoms with van der Waals surface area (Å²) in [6, 6.07) is 3.90. The van der Waals surface area contributed by atoms with Gasteiger partial charge in [-0.25, -0.2) is 13.2 Å². The van der Waals surface area contributed by atoms with Crippen LogP contribution in [-0.2, 0) is 27.2 Å². The number of nitrogens with one attached hydrogen (secondary N) is 3. The molecule has 196 valence electrons. The number of carbonyl (C=O) groups excluding carboxylic acids is 4. The number of carbonyl (C=O) groups is 4. The molecule has 0 spiro atoms. The minimum atomic E-state index is -3.12. The smallest absolute Gasteiger partial charge is 0.293 e. The first-order valence-electron chi connectivity index (χ1n) is 11.8. The SMILES string of the molecule is CNC(=O)C1(NC(=O)C(=O)c2c(C)c(CC(=O)Nc3ccc(F)c(Cl)c3)n3c2C[C@H]2C[C@H]23)CC(F)(F)C1. The Morgan fingerprint density at radius 2 is 1.89 bits per heavy atom. The molecule has 12 heteroatoms. The third-order valence-electron chi connectivity index (χ3n) is 7.45. The Bertz CT molecular complexity index is 1360. The van der Waals surface area contributed by atoms with Crippen molar-refractivity contribution in [1.82, 2.24) is 15.2 Å². The number of likely N-dealkylation sites (N-methyl/N-ethyl adjacent to an activating group) is 1. The highest BCUT2D eigenvalue weighted by atomic mass is 35.5. The van der Waals surface area contributed by atoms with Crippen LogP contribution in [0.5, 0.6) is 0 Å². The Balaban J connectivity index is 1.39. The van der Waals surface area contributed by atoms with Gasteiger partial charge >= 0.3 is 0 Å². The van der Waals surface area contributed by atoms with Gasteiger partial charge in [-0.05, 0) is 49.4 Å². The van der Waals surface area contributed by atoms with Gasteiger partial charge in [0.25, 0.3) is 17.6 Å². The zero-order chi connectivity index (χ0) is 26.9. The standard InChI is InChI=1S/C25H24ClF3N4O4/c1-11-16(8-19(34)31-13-3-4-15(27)14(26)7-13)33-17-5-12(17)6-18(33)20(11)21(35)22(36)32-24(23(37)30-2)9-25(28,29)10-24/h3-4,7,12,17H,5-6,8-10H2,1-2H3,(H,30,37)(H,31,34)(H,32,36)/t12-,17-/m1/s1. The number of nitrogens with zero attached hydrogens (tertiary/aromatic N) is 1. The van der Waals surface area contributed by atoms with E-state index in [1.54, 1.807) is 6.92 Å². The quantitative estimate of drug-likeness (QED) is 0.373. The number of amides is 3. The van der Waals surface area contributed by atoms with Crippen LogP contribution in [0.4, 0.5) is 18.9 Å². The molecule has 3 N–H and O–H groups in total. The molecular weight excluding hydrogens is 513 g/mol. The van der Waals surface area contributed by atoms with E-state index in [9.17, 15) is 32.3 Å². The van der Waals surface area contributed by atoms with Crippen LogP contribution >= 0.6 is 11.6 Å². The topological polar surface area (TPSA) is 109 Å². The van der Waals surface area contributed by atoms with E-state index in [1.165, 1.54) is 19.2 Å². The summed E-state index contributed by atoms with van der Waals surface area (Å²) in [6.07, 6.45) is -0.463. The Kier molecular flexibility index (Phi) is 5.89. The molecule has 0 radical (unpaired) electrons. The fraction of sp³-hybridized carbons (Fsp3) is 0.440. The van der Waals surface area contributed by atoms with Gasteiger partial charge in [-0.15, -0.1) is 0 Å². The fourth-order valence-corrected chi connectivity index (χ4v) is 5.84. The lowest BCUT2D eigenvalue weighted by molar-refractivity contribution is -0.164. The van der Waals surface area contributed by atoms with Crippen molar-refractivity contribution in [2.24, 2.45) is 5.92 Å². The number of ketones is 1. The number of halogens is 4. The number of aromatic nitrogens is 1. The van der Waals surface area contributed by atoms with Gasteiger partial charge in [0.1, 0.15) is 11.4 Å². The molecular formula is C25H24ClF3N4O4. The second-order valence-electron chi connectivity index (χ2n) is 10.0. The predicted octanol–water partition coefficient (Wildman–Crippen LogP) is 3.10. The van der Waals surface area contributed by atoms with Gasteiger partial charge in [-0.3, -0.25) is 19.2 Å². The molecule has 0 unspecified atom stereocenters. The Morgan fingerprint density at radius 3 is 2.51 bits per heavy atom. The summed E-state index contributed by atoms with van der Waals surface area (Å²) >= 11 is 5.78. The van der Waals surface area contributed by atoms with Crippen LogP contribution in [0.3, 0.4) is 0 Å². The number of Topliss-reactive ketones (excluding diaryl/α,β-unsaturated/α-hetero) is 1. The van der Waals surface area contributed by atoms with E-state index >= 15 is 0 Å². The van der Waals surface area contributed by atoms with E-state index in [-0.39, 0.29) is 23.0 Å². The van der Waals surface area contributed by atoms with Gasteiger partial charge < -0.3 is 20.5 Å². The average molecular weight is 537 g/mol. The largest absolute Gasteiger partial charge is 0.357 e. The van der Waals surface area contributed by atoms with Crippen LogP contribution in [-0.4, -0.2) is 46.6 Å². The van der Waals surface area contributed by atoms with Crippen LogP contribution in [0.2, 0.25) is 5.02 Å². The molecule has 37 heavy (non-hydrogen) atoms. The predicted molar refractivity (Wildman–Crippen MR) is 127 cm³/mol. The second kappa shape index (κ2) is 8.61. The molecule has 2 aliphatic carbocycles. The van der Waals surface area contributed by atoms with E-state index in [1.807, 2.05) is 4.57 Å². The van der Waals surface area contributed by atoms with E-state index in [0.717, 1.165) is 12.5 Å². The number of hydrogen-bond acceptors (Lipinski definition) is 4. The van der Waals surface area contributed by atoms with Crippen LogP contribution in [0.25, 0.3) is 0 Å². The molecule has 5 rings (SSSR count). The summed E-state index contributed by atoms with van der Waals surface area (Å²) in [4.78, 5) is 51.3. The number of alkyl halides is 2. The van der Waals surface area contributed by atoms with Gasteiger partial charge in [-0.2, -0.15) is 0 Å². The van der Waals surface area contributed by atoms with Crippen LogP contribution in [0.15, 0.2) is 18.2 Å². The van der Waals surface area contributed by atoms with Crippen molar-refractivity contribution in [3.05, 3.63) is 51.6 Å². The number of benzene rings is 1. The monoisotopic (exact) mass is 536 g/mol. The molecule has 3 aliphatic rings.